The molecule has 0 rings (SSSR count). The summed E-state index contributed by atoms with van der Waals surface area (Å²) < 4.78 is 0. The summed E-state index contributed by atoms with van der Waals surface area (Å²) in [5.74, 6) is 0. The number of unbranched alkanes of at least 4 members (excludes halogenated alkanes) is 12. The third-order valence-electron chi connectivity index (χ3n) is 4.91. The predicted octanol–water partition coefficient (Wildman–Crippen LogP) is 6.91. The van der Waals surface area contributed by atoms with E-state index in [1.807, 2.05) is 0 Å². The minimum atomic E-state index is 0.168. The molecule has 1 N–H and O–H groups in total. The number of nitrogens with one attached hydrogen (secondary N) is 1. The van der Waals surface area contributed by atoms with Crippen molar-refractivity contribution in [3.8, 4) is 0 Å². The monoisotopic (exact) mass is 354 g/mol. The van der Waals surface area contributed by atoms with E-state index in [1.54, 1.807) is 0 Å². The van der Waals surface area contributed by atoms with Gasteiger partial charge in [-0.25, -0.2) is 4.79 Å². The zero-order chi connectivity index (χ0) is 18.6. The highest BCUT2D eigenvalue weighted by Crippen LogP contribution is 2.08. The Balaban J connectivity index is 3.99. The number of hydrogen-bond acceptors (Lipinski definition) is 1. The molecule has 0 aliphatic heterocycles. The molecule has 0 aliphatic rings. The van der Waals surface area contributed by atoms with Gasteiger partial charge in [-0.1, -0.05) is 97.8 Å². The predicted molar refractivity (Wildman–Crippen MR) is 111 cm³/mol. The van der Waals surface area contributed by atoms with Crippen LogP contribution in [-0.4, -0.2) is 30.6 Å². The van der Waals surface area contributed by atoms with Crippen LogP contribution in [0.4, 0.5) is 4.79 Å². The van der Waals surface area contributed by atoms with Crippen LogP contribution in [0.3, 0.4) is 0 Å². The van der Waals surface area contributed by atoms with Crippen molar-refractivity contribution >= 4 is 6.03 Å². The van der Waals surface area contributed by atoms with Gasteiger partial charge in [0.2, 0.25) is 0 Å². The first kappa shape index (κ1) is 24.3. The molecule has 0 heterocycles. The Morgan fingerprint density at radius 3 is 1.44 bits per heavy atom. The lowest BCUT2D eigenvalue weighted by Crippen LogP contribution is -2.41. The zero-order valence-corrected chi connectivity index (χ0v) is 17.6. The Labute approximate surface area is 158 Å². The highest BCUT2D eigenvalue weighted by atomic mass is 16.2. The molecule has 0 aromatic carbocycles. The second kappa shape index (κ2) is 19.6. The summed E-state index contributed by atoms with van der Waals surface area (Å²) in [5, 5.41) is 3.15. The van der Waals surface area contributed by atoms with E-state index in [2.05, 4.69) is 31.0 Å². The van der Waals surface area contributed by atoms with Crippen LogP contribution < -0.4 is 5.32 Å². The van der Waals surface area contributed by atoms with Gasteiger partial charge >= 0.3 is 6.03 Å². The molecule has 0 saturated heterocycles. The molecule has 0 aromatic rings. The minimum Gasteiger partial charge on any atom is -0.338 e. The molecule has 0 radical (unpaired) electrons. The van der Waals surface area contributed by atoms with Gasteiger partial charge in [0.1, 0.15) is 0 Å². The fourth-order valence-electron chi connectivity index (χ4n) is 3.16. The molecule has 0 aliphatic carbocycles. The smallest absolute Gasteiger partial charge is 0.317 e. The summed E-state index contributed by atoms with van der Waals surface area (Å²) in [6.07, 6.45) is 18.9. The summed E-state index contributed by atoms with van der Waals surface area (Å²) >= 11 is 0. The molecule has 0 atom stereocenters. The summed E-state index contributed by atoms with van der Waals surface area (Å²) in [5.41, 5.74) is 0. The van der Waals surface area contributed by atoms with Crippen molar-refractivity contribution in [1.29, 1.82) is 0 Å². The van der Waals surface area contributed by atoms with E-state index in [-0.39, 0.29) is 6.03 Å². The van der Waals surface area contributed by atoms with Gasteiger partial charge in [-0.05, 0) is 19.3 Å². The van der Waals surface area contributed by atoms with Crippen molar-refractivity contribution in [2.45, 2.75) is 117 Å². The maximum absolute atomic E-state index is 12.5. The Morgan fingerprint density at radius 2 is 1.00 bits per heavy atom. The van der Waals surface area contributed by atoms with E-state index in [9.17, 15) is 4.79 Å². The van der Waals surface area contributed by atoms with Crippen LogP contribution in [-0.2, 0) is 0 Å². The fourth-order valence-corrected chi connectivity index (χ4v) is 3.16. The van der Waals surface area contributed by atoms with Crippen molar-refractivity contribution in [3.05, 3.63) is 0 Å². The lowest BCUT2D eigenvalue weighted by molar-refractivity contribution is 0.195. The number of amides is 2. The third kappa shape index (κ3) is 16.5. The normalized spacial score (nSPS) is 10.8. The van der Waals surface area contributed by atoms with Gasteiger partial charge in [-0.3, -0.25) is 0 Å². The first-order chi connectivity index (χ1) is 12.3. The summed E-state index contributed by atoms with van der Waals surface area (Å²) in [6.45, 7) is 9.43. The Morgan fingerprint density at radius 1 is 0.600 bits per heavy atom. The number of hydrogen-bond donors (Lipinski definition) is 1. The second-order valence-electron chi connectivity index (χ2n) is 7.46. The largest absolute Gasteiger partial charge is 0.338 e. The maximum Gasteiger partial charge on any atom is 0.317 e. The van der Waals surface area contributed by atoms with Crippen molar-refractivity contribution in [2.75, 3.05) is 19.6 Å². The van der Waals surface area contributed by atoms with E-state index < -0.39 is 0 Å². The highest BCUT2D eigenvalue weighted by Gasteiger charge is 2.12. The Hall–Kier alpha value is -0.730. The molecule has 0 aromatic heterocycles. The molecule has 25 heavy (non-hydrogen) atoms. The van der Waals surface area contributed by atoms with Crippen LogP contribution in [0.1, 0.15) is 117 Å². The lowest BCUT2D eigenvalue weighted by atomic mass is 10.1. The number of urea groups is 1. The molecule has 150 valence electrons. The van der Waals surface area contributed by atoms with E-state index >= 15 is 0 Å². The van der Waals surface area contributed by atoms with Crippen LogP contribution in [0.5, 0.6) is 0 Å². The molecular weight excluding hydrogens is 308 g/mol. The average Bonchev–Trinajstić information content (AvgIpc) is 2.62. The van der Waals surface area contributed by atoms with Crippen molar-refractivity contribution in [1.82, 2.24) is 10.2 Å². The Bertz CT molecular complexity index is 267. The number of nitrogens with zero attached hydrogens (tertiary/aromatic N) is 1. The van der Waals surface area contributed by atoms with Gasteiger partial charge in [0.15, 0.2) is 0 Å². The van der Waals surface area contributed by atoms with Gasteiger partial charge in [-0.2, -0.15) is 0 Å². The van der Waals surface area contributed by atoms with Gasteiger partial charge in [0, 0.05) is 19.6 Å². The molecule has 0 unspecified atom stereocenters. The third-order valence-corrected chi connectivity index (χ3v) is 4.91. The van der Waals surface area contributed by atoms with Gasteiger partial charge < -0.3 is 10.2 Å². The minimum absolute atomic E-state index is 0.168. The molecule has 0 spiro atoms. The van der Waals surface area contributed by atoms with E-state index in [0.717, 1.165) is 38.9 Å². The second-order valence-corrected chi connectivity index (χ2v) is 7.46. The first-order valence-electron chi connectivity index (χ1n) is 11.3. The highest BCUT2D eigenvalue weighted by molar-refractivity contribution is 5.74. The number of carbonyl (C=O) groups excluding carboxylic acids is 1. The molecule has 0 bridgehead atoms. The summed E-state index contributed by atoms with van der Waals surface area (Å²) in [4.78, 5) is 14.6. The number of carbonyl (C=O) groups is 1. The van der Waals surface area contributed by atoms with Crippen molar-refractivity contribution in [3.63, 3.8) is 0 Å². The summed E-state index contributed by atoms with van der Waals surface area (Å²) in [6, 6.07) is 0.168. The SMILES string of the molecule is CCCCCCCNC(=O)N(CCCCCCC)CCCCCCC. The molecule has 3 nitrogen and oxygen atoms in total. The maximum atomic E-state index is 12.5. The quantitative estimate of drug-likeness (QED) is 0.266. The van der Waals surface area contributed by atoms with Gasteiger partial charge in [-0.15, -0.1) is 0 Å². The lowest BCUT2D eigenvalue weighted by Gasteiger charge is -2.23. The van der Waals surface area contributed by atoms with Crippen LogP contribution in [0.15, 0.2) is 0 Å². The average molecular weight is 355 g/mol. The molecule has 0 saturated carbocycles. The van der Waals surface area contributed by atoms with Crippen molar-refractivity contribution in [2.24, 2.45) is 0 Å². The van der Waals surface area contributed by atoms with Gasteiger partial charge in [0.25, 0.3) is 0 Å². The van der Waals surface area contributed by atoms with Crippen LogP contribution >= 0.6 is 0 Å². The topological polar surface area (TPSA) is 32.3 Å². The summed E-state index contributed by atoms with van der Waals surface area (Å²) in [7, 11) is 0. The van der Waals surface area contributed by atoms with E-state index in [1.165, 1.54) is 77.0 Å². The van der Waals surface area contributed by atoms with Crippen LogP contribution in [0.2, 0.25) is 0 Å². The fraction of sp³-hybridized carbons (Fsp3) is 0.955. The molecule has 0 fully saturated rings. The van der Waals surface area contributed by atoms with Crippen molar-refractivity contribution < 1.29 is 4.79 Å². The van der Waals surface area contributed by atoms with Crippen LogP contribution in [0.25, 0.3) is 0 Å². The standard InChI is InChI=1S/C22H46N2O/c1-4-7-10-13-16-19-23-22(25)24(20-17-14-11-8-5-2)21-18-15-12-9-6-3/h4-21H2,1-3H3,(H,23,25). The van der Waals surface area contributed by atoms with E-state index in [4.69, 9.17) is 0 Å². The van der Waals surface area contributed by atoms with E-state index in [0.29, 0.717) is 0 Å². The molecule has 3 heteroatoms. The van der Waals surface area contributed by atoms with Gasteiger partial charge in [0.05, 0.1) is 0 Å². The molecule has 2 amide bonds. The van der Waals surface area contributed by atoms with Crippen LogP contribution in [0, 0.1) is 0 Å². The number of rotatable bonds is 18. The first-order valence-corrected chi connectivity index (χ1v) is 11.3. The Kier molecular flexibility index (Phi) is 19.0. The zero-order valence-electron chi connectivity index (χ0n) is 17.6. The molecular formula is C22H46N2O.